The van der Waals surface area contributed by atoms with E-state index in [1.54, 1.807) is 0 Å². The van der Waals surface area contributed by atoms with Crippen LogP contribution < -0.4 is 5.32 Å². The first-order valence-corrected chi connectivity index (χ1v) is 7.88. The van der Waals surface area contributed by atoms with Crippen LogP contribution in [-0.2, 0) is 5.60 Å². The van der Waals surface area contributed by atoms with Crippen molar-refractivity contribution < 1.29 is 5.11 Å². The number of benzene rings is 1. The van der Waals surface area contributed by atoms with Crippen LogP contribution in [0.2, 0.25) is 0 Å². The van der Waals surface area contributed by atoms with Crippen molar-refractivity contribution in [3.8, 4) is 0 Å². The molecule has 0 saturated carbocycles. The molecule has 1 saturated heterocycles. The molecule has 0 radical (unpaired) electrons. The molecule has 2 N–H and O–H groups in total. The van der Waals surface area contributed by atoms with Gasteiger partial charge in [-0.15, -0.1) is 0 Å². The van der Waals surface area contributed by atoms with Crippen LogP contribution in [0.5, 0.6) is 0 Å². The molecular weight excluding hydrogens is 248 g/mol. The lowest BCUT2D eigenvalue weighted by Crippen LogP contribution is -2.40. The van der Waals surface area contributed by atoms with Gasteiger partial charge in [0.15, 0.2) is 0 Å². The van der Waals surface area contributed by atoms with Crippen LogP contribution in [0.15, 0.2) is 30.3 Å². The molecule has 112 valence electrons. The first kappa shape index (κ1) is 15.5. The van der Waals surface area contributed by atoms with Gasteiger partial charge in [-0.3, -0.25) is 4.90 Å². The van der Waals surface area contributed by atoms with E-state index in [9.17, 15) is 5.11 Å². The Hall–Kier alpha value is -0.900. The molecule has 2 atom stereocenters. The molecule has 1 fully saturated rings. The maximum absolute atomic E-state index is 11.0. The molecule has 3 heteroatoms. The molecule has 3 nitrogen and oxygen atoms in total. The summed E-state index contributed by atoms with van der Waals surface area (Å²) in [5, 5.41) is 14.4. The van der Waals surface area contributed by atoms with Crippen LogP contribution in [0.4, 0.5) is 0 Å². The van der Waals surface area contributed by atoms with Crippen molar-refractivity contribution in [3.63, 3.8) is 0 Å². The van der Waals surface area contributed by atoms with Gasteiger partial charge < -0.3 is 10.4 Å². The Morgan fingerprint density at radius 3 is 2.75 bits per heavy atom. The monoisotopic (exact) mass is 276 g/mol. The molecule has 0 aromatic heterocycles. The van der Waals surface area contributed by atoms with Gasteiger partial charge in [0.2, 0.25) is 0 Å². The molecular formula is C17H28N2O. The van der Waals surface area contributed by atoms with Crippen molar-refractivity contribution in [1.82, 2.24) is 10.2 Å². The molecule has 0 bridgehead atoms. The molecule has 20 heavy (non-hydrogen) atoms. The fourth-order valence-corrected chi connectivity index (χ4v) is 2.99. The molecule has 1 aromatic carbocycles. The highest BCUT2D eigenvalue weighted by molar-refractivity contribution is 5.22. The van der Waals surface area contributed by atoms with E-state index in [-0.39, 0.29) is 0 Å². The van der Waals surface area contributed by atoms with Gasteiger partial charge in [-0.1, -0.05) is 37.3 Å². The summed E-state index contributed by atoms with van der Waals surface area (Å²) in [6.07, 6.45) is 3.04. The molecule has 0 spiro atoms. The van der Waals surface area contributed by atoms with Gasteiger partial charge in [-0.2, -0.15) is 0 Å². The minimum absolute atomic E-state index is 0.625. The second-order valence-corrected chi connectivity index (χ2v) is 5.97. The zero-order valence-corrected chi connectivity index (χ0v) is 12.8. The van der Waals surface area contributed by atoms with Crippen molar-refractivity contribution in [2.75, 3.05) is 26.2 Å². The van der Waals surface area contributed by atoms with E-state index in [1.807, 2.05) is 30.3 Å². The van der Waals surface area contributed by atoms with Crippen LogP contribution >= 0.6 is 0 Å². The molecule has 1 aliphatic rings. The van der Waals surface area contributed by atoms with Gasteiger partial charge in [0.05, 0.1) is 0 Å². The van der Waals surface area contributed by atoms with E-state index in [4.69, 9.17) is 0 Å². The van der Waals surface area contributed by atoms with Gasteiger partial charge in [0.1, 0.15) is 5.60 Å². The van der Waals surface area contributed by atoms with E-state index < -0.39 is 5.60 Å². The van der Waals surface area contributed by atoms with Crippen LogP contribution in [0.25, 0.3) is 0 Å². The third kappa shape index (κ3) is 3.81. The van der Waals surface area contributed by atoms with Crippen LogP contribution in [0.3, 0.4) is 0 Å². The Balaban J connectivity index is 2.04. The minimum atomic E-state index is -0.729. The van der Waals surface area contributed by atoms with E-state index in [2.05, 4.69) is 24.1 Å². The number of nitrogens with zero attached hydrogens (tertiary/aromatic N) is 1. The lowest BCUT2D eigenvalue weighted by molar-refractivity contribution is 0.0267. The van der Waals surface area contributed by atoms with Crippen molar-refractivity contribution in [2.24, 2.45) is 0 Å². The largest absolute Gasteiger partial charge is 0.384 e. The zero-order valence-electron chi connectivity index (χ0n) is 12.8. The average Bonchev–Trinajstić information content (AvgIpc) is 2.58. The Kier molecular flexibility index (Phi) is 5.58. The first-order valence-electron chi connectivity index (χ1n) is 7.88. The quantitative estimate of drug-likeness (QED) is 0.889. The van der Waals surface area contributed by atoms with Crippen molar-refractivity contribution in [1.29, 1.82) is 0 Å². The molecule has 1 aliphatic heterocycles. The van der Waals surface area contributed by atoms with Crippen LogP contribution in [-0.4, -0.2) is 42.2 Å². The lowest BCUT2D eigenvalue weighted by atomic mass is 9.89. The van der Waals surface area contributed by atoms with E-state index in [0.29, 0.717) is 12.6 Å². The highest BCUT2D eigenvalue weighted by atomic mass is 16.3. The summed E-state index contributed by atoms with van der Waals surface area (Å²) >= 11 is 0. The maximum Gasteiger partial charge on any atom is 0.102 e. The normalized spacial score (nSPS) is 27.4. The number of hydrogen-bond acceptors (Lipinski definition) is 3. The average molecular weight is 276 g/mol. The van der Waals surface area contributed by atoms with Gasteiger partial charge >= 0.3 is 0 Å². The number of rotatable bonds is 3. The topological polar surface area (TPSA) is 35.5 Å². The molecule has 2 rings (SSSR count). The summed E-state index contributed by atoms with van der Waals surface area (Å²) in [5.41, 5.74) is 0.302. The zero-order chi connectivity index (χ0) is 14.4. The lowest BCUT2D eigenvalue weighted by Gasteiger charge is -2.29. The van der Waals surface area contributed by atoms with Gasteiger partial charge in [-0.05, 0) is 38.3 Å². The first-order chi connectivity index (χ1) is 9.65. The number of nitrogens with one attached hydrogen (secondary N) is 1. The number of hydrogen-bond donors (Lipinski definition) is 2. The predicted molar refractivity (Wildman–Crippen MR) is 83.8 cm³/mol. The number of aliphatic hydroxyl groups is 1. The summed E-state index contributed by atoms with van der Waals surface area (Å²) in [5.74, 6) is 0. The van der Waals surface area contributed by atoms with E-state index in [0.717, 1.165) is 38.0 Å². The maximum atomic E-state index is 11.0. The second kappa shape index (κ2) is 7.21. The second-order valence-electron chi connectivity index (χ2n) is 5.97. The summed E-state index contributed by atoms with van der Waals surface area (Å²) in [6.45, 7) is 8.27. The number of β-amino-alcohol motifs (C(OH)–C–C–N with tert-alkyl or cyclic N) is 1. The van der Waals surface area contributed by atoms with E-state index >= 15 is 0 Å². The molecule has 0 aliphatic carbocycles. The molecule has 2 unspecified atom stereocenters. The summed E-state index contributed by atoms with van der Waals surface area (Å²) in [7, 11) is 0. The third-order valence-corrected chi connectivity index (χ3v) is 4.55. The van der Waals surface area contributed by atoms with Crippen LogP contribution in [0, 0.1) is 0 Å². The van der Waals surface area contributed by atoms with Gasteiger partial charge in [0.25, 0.3) is 0 Å². The SMILES string of the molecule is CCC(C)N1CCCC(O)(c2ccccc2)CNCC1. The fraction of sp³-hybridized carbons (Fsp3) is 0.647. The Morgan fingerprint density at radius 2 is 2.05 bits per heavy atom. The van der Waals surface area contributed by atoms with Crippen molar-refractivity contribution >= 4 is 0 Å². The predicted octanol–water partition coefficient (Wildman–Crippen LogP) is 2.36. The standard InChI is InChI=1S/C17H28N2O/c1-3-15(2)19-12-7-10-17(20,14-18-11-13-19)16-8-5-4-6-9-16/h4-6,8-9,15,18,20H,3,7,10-14H2,1-2H3. The van der Waals surface area contributed by atoms with Crippen LogP contribution in [0.1, 0.15) is 38.7 Å². The Bertz CT molecular complexity index is 395. The van der Waals surface area contributed by atoms with E-state index in [1.165, 1.54) is 6.42 Å². The van der Waals surface area contributed by atoms with Gasteiger partial charge in [-0.25, -0.2) is 0 Å². The third-order valence-electron chi connectivity index (χ3n) is 4.55. The summed E-state index contributed by atoms with van der Waals surface area (Å²) < 4.78 is 0. The Morgan fingerprint density at radius 1 is 1.30 bits per heavy atom. The Labute approximate surface area is 123 Å². The smallest absolute Gasteiger partial charge is 0.102 e. The minimum Gasteiger partial charge on any atom is -0.384 e. The molecule has 1 heterocycles. The molecule has 1 aromatic rings. The highest BCUT2D eigenvalue weighted by Gasteiger charge is 2.29. The summed E-state index contributed by atoms with van der Waals surface area (Å²) in [4.78, 5) is 2.53. The van der Waals surface area contributed by atoms with Crippen molar-refractivity contribution in [2.45, 2.75) is 44.8 Å². The fourth-order valence-electron chi connectivity index (χ4n) is 2.99. The summed E-state index contributed by atoms with van der Waals surface area (Å²) in [6, 6.07) is 10.7. The highest BCUT2D eigenvalue weighted by Crippen LogP contribution is 2.26. The van der Waals surface area contributed by atoms with Crippen molar-refractivity contribution in [3.05, 3.63) is 35.9 Å². The molecule has 0 amide bonds. The van der Waals surface area contributed by atoms with Gasteiger partial charge in [0, 0.05) is 25.7 Å².